The van der Waals surface area contributed by atoms with Gasteiger partial charge in [0, 0.05) is 0 Å². The highest BCUT2D eigenvalue weighted by molar-refractivity contribution is 5.22. The number of hydrogen-bond acceptors (Lipinski definition) is 0. The third kappa shape index (κ3) is 1.90. The van der Waals surface area contributed by atoms with E-state index in [4.69, 9.17) is 0 Å². The monoisotopic (exact) mass is 300 g/mol. The van der Waals surface area contributed by atoms with E-state index in [1.807, 2.05) is 0 Å². The molecule has 1 aliphatic rings. The van der Waals surface area contributed by atoms with Crippen molar-refractivity contribution in [3.63, 3.8) is 0 Å². The molecule has 108 valence electrons. The van der Waals surface area contributed by atoms with Crippen LogP contribution in [0.4, 0.5) is 52.7 Å². The molecule has 12 heteroatoms. The van der Waals surface area contributed by atoms with Crippen molar-refractivity contribution in [1.29, 1.82) is 0 Å². The Kier molecular flexibility index (Phi) is 3.97. The highest BCUT2D eigenvalue weighted by Gasteiger charge is 3.01. The standard InChI is InChI=1S/C4F8.C2F4/c5-1(6)2(7,8)4(11,12)3(1,9)10;3-1(4)2(5)6. The first-order valence-corrected chi connectivity index (χ1v) is 3.52. The van der Waals surface area contributed by atoms with Crippen LogP contribution in [0.5, 0.6) is 0 Å². The summed E-state index contributed by atoms with van der Waals surface area (Å²) in [7, 11) is 0. The first-order valence-electron chi connectivity index (χ1n) is 3.52. The molecule has 0 bridgehead atoms. The van der Waals surface area contributed by atoms with E-state index in [0.29, 0.717) is 0 Å². The Morgan fingerprint density at radius 1 is 0.389 bits per heavy atom. The van der Waals surface area contributed by atoms with Crippen LogP contribution < -0.4 is 0 Å². The smallest absolute Gasteiger partial charge is 0.192 e. The van der Waals surface area contributed by atoms with Gasteiger partial charge < -0.3 is 0 Å². The molecule has 1 fully saturated rings. The molecule has 18 heavy (non-hydrogen) atoms. The van der Waals surface area contributed by atoms with Gasteiger partial charge in [-0.1, -0.05) is 0 Å². The lowest BCUT2D eigenvalue weighted by Gasteiger charge is -2.49. The van der Waals surface area contributed by atoms with E-state index in [1.165, 1.54) is 0 Å². The van der Waals surface area contributed by atoms with Crippen LogP contribution in [0.25, 0.3) is 0 Å². The Labute approximate surface area is 89.9 Å². The van der Waals surface area contributed by atoms with Crippen molar-refractivity contribution in [3.8, 4) is 0 Å². The van der Waals surface area contributed by atoms with E-state index in [9.17, 15) is 52.7 Å². The maximum atomic E-state index is 11.6. The van der Waals surface area contributed by atoms with Gasteiger partial charge in [0.15, 0.2) is 0 Å². The normalized spacial score (nSPS) is 25.3. The minimum Gasteiger partial charge on any atom is -0.192 e. The van der Waals surface area contributed by atoms with Crippen LogP contribution in [0.15, 0.2) is 12.2 Å². The molecule has 0 aliphatic heterocycles. The molecule has 0 saturated heterocycles. The molecule has 0 heterocycles. The second-order valence-corrected chi connectivity index (χ2v) is 2.82. The third-order valence-electron chi connectivity index (χ3n) is 1.72. The van der Waals surface area contributed by atoms with Crippen molar-refractivity contribution >= 4 is 0 Å². The minimum atomic E-state index is -5.97. The van der Waals surface area contributed by atoms with E-state index < -0.39 is 35.9 Å². The zero-order valence-corrected chi connectivity index (χ0v) is 7.54. The van der Waals surface area contributed by atoms with Gasteiger partial charge in [0.25, 0.3) is 0 Å². The topological polar surface area (TPSA) is 0 Å². The van der Waals surface area contributed by atoms with Gasteiger partial charge in [-0.05, 0) is 0 Å². The third-order valence-corrected chi connectivity index (χ3v) is 1.72. The van der Waals surface area contributed by atoms with Crippen LogP contribution in [-0.4, -0.2) is 23.7 Å². The fraction of sp³-hybridized carbons (Fsp3) is 0.667. The molecule has 1 aliphatic carbocycles. The molecule has 0 radical (unpaired) electrons. The summed E-state index contributed by atoms with van der Waals surface area (Å²) in [5.74, 6) is -23.9. The average molecular weight is 300 g/mol. The van der Waals surface area contributed by atoms with Crippen LogP contribution in [0, 0.1) is 0 Å². The zero-order chi connectivity index (χ0) is 15.2. The van der Waals surface area contributed by atoms with Crippen LogP contribution in [0.2, 0.25) is 0 Å². The van der Waals surface area contributed by atoms with Gasteiger partial charge in [-0.2, -0.15) is 52.7 Å². The van der Waals surface area contributed by atoms with Crippen molar-refractivity contribution < 1.29 is 52.7 Å². The highest BCUT2D eigenvalue weighted by Crippen LogP contribution is 2.69. The van der Waals surface area contributed by atoms with E-state index in [-0.39, 0.29) is 0 Å². The predicted molar refractivity (Wildman–Crippen MR) is 31.2 cm³/mol. The van der Waals surface area contributed by atoms with Gasteiger partial charge in [-0.15, -0.1) is 0 Å². The first-order chi connectivity index (χ1) is 7.64. The Morgan fingerprint density at radius 3 is 0.556 bits per heavy atom. The van der Waals surface area contributed by atoms with Gasteiger partial charge in [0.2, 0.25) is 0 Å². The molecule has 0 atom stereocenters. The number of hydrogen-bond donors (Lipinski definition) is 0. The summed E-state index contributed by atoms with van der Waals surface area (Å²) in [6, 6.07) is 0. The Balaban J connectivity index is 0.000000411. The van der Waals surface area contributed by atoms with Crippen LogP contribution >= 0.6 is 0 Å². The molecule has 0 aromatic carbocycles. The highest BCUT2D eigenvalue weighted by atomic mass is 19.4. The lowest BCUT2D eigenvalue weighted by molar-refractivity contribution is -0.506. The summed E-state index contributed by atoms with van der Waals surface area (Å²) in [4.78, 5) is 0. The molecular formula is C6F12. The molecule has 0 N–H and O–H groups in total. The summed E-state index contributed by atoms with van der Waals surface area (Å²) in [5.41, 5.74) is 0. The molecule has 0 aromatic heterocycles. The number of halogens is 12. The van der Waals surface area contributed by atoms with Crippen molar-refractivity contribution in [2.45, 2.75) is 23.7 Å². The summed E-state index contributed by atoms with van der Waals surface area (Å²) in [6.45, 7) is 0. The SMILES string of the molecule is FC(F)=C(F)F.FC1(F)C(F)(F)C(F)(F)C1(F)F. The van der Waals surface area contributed by atoms with Gasteiger partial charge in [0.1, 0.15) is 0 Å². The number of alkyl halides is 8. The lowest BCUT2D eigenvalue weighted by atomic mass is 9.80. The molecule has 0 nitrogen and oxygen atoms in total. The maximum absolute atomic E-state index is 11.6. The second-order valence-electron chi connectivity index (χ2n) is 2.82. The van der Waals surface area contributed by atoms with E-state index in [1.54, 1.807) is 0 Å². The average Bonchev–Trinajstić information content (AvgIpc) is 2.16. The molecule has 0 amide bonds. The molecule has 1 saturated carbocycles. The van der Waals surface area contributed by atoms with E-state index >= 15 is 0 Å². The number of rotatable bonds is 0. The maximum Gasteiger partial charge on any atom is 0.385 e. The summed E-state index contributed by atoms with van der Waals surface area (Å²) in [5, 5.41) is 0. The van der Waals surface area contributed by atoms with E-state index in [0.717, 1.165) is 0 Å². The fourth-order valence-electron chi connectivity index (χ4n) is 0.726. The molecule has 1 rings (SSSR count). The minimum absolute atomic E-state index is 2.91. The van der Waals surface area contributed by atoms with Crippen molar-refractivity contribution in [2.24, 2.45) is 0 Å². The Hall–Kier alpha value is -1.10. The molecule has 0 aromatic rings. The summed E-state index contributed by atoms with van der Waals surface area (Å²) < 4.78 is 134. The van der Waals surface area contributed by atoms with Crippen LogP contribution in [0.1, 0.15) is 0 Å². The fourth-order valence-corrected chi connectivity index (χ4v) is 0.726. The largest absolute Gasteiger partial charge is 0.385 e. The van der Waals surface area contributed by atoms with Crippen molar-refractivity contribution in [2.75, 3.05) is 0 Å². The van der Waals surface area contributed by atoms with Gasteiger partial charge in [-0.3, -0.25) is 0 Å². The lowest BCUT2D eigenvalue weighted by Crippen LogP contribution is -2.82. The van der Waals surface area contributed by atoms with Crippen LogP contribution in [-0.2, 0) is 0 Å². The van der Waals surface area contributed by atoms with Gasteiger partial charge >= 0.3 is 35.9 Å². The molecular weight excluding hydrogens is 300 g/mol. The summed E-state index contributed by atoms with van der Waals surface area (Å²) in [6.07, 6.45) is -5.81. The summed E-state index contributed by atoms with van der Waals surface area (Å²) >= 11 is 0. The Morgan fingerprint density at radius 2 is 0.500 bits per heavy atom. The van der Waals surface area contributed by atoms with Gasteiger partial charge in [-0.25, -0.2) is 0 Å². The zero-order valence-electron chi connectivity index (χ0n) is 7.54. The first kappa shape index (κ1) is 16.9. The molecule has 0 spiro atoms. The van der Waals surface area contributed by atoms with Gasteiger partial charge in [0.05, 0.1) is 0 Å². The van der Waals surface area contributed by atoms with Crippen molar-refractivity contribution in [3.05, 3.63) is 12.2 Å². The van der Waals surface area contributed by atoms with Crippen molar-refractivity contribution in [1.82, 2.24) is 0 Å². The Bertz CT molecular complexity index is 270. The predicted octanol–water partition coefficient (Wildman–Crippen LogP) is 4.53. The van der Waals surface area contributed by atoms with E-state index in [2.05, 4.69) is 0 Å². The molecule has 0 unspecified atom stereocenters. The quantitative estimate of drug-likeness (QED) is 0.576. The second kappa shape index (κ2) is 4.23. The van der Waals surface area contributed by atoms with Crippen LogP contribution in [0.3, 0.4) is 0 Å².